The van der Waals surface area contributed by atoms with Gasteiger partial charge in [0.05, 0.1) is 0 Å². The largest absolute Gasteiger partial charge is 0.343 e. The number of rotatable bonds is 3. The van der Waals surface area contributed by atoms with Crippen molar-refractivity contribution in [2.45, 2.75) is 24.9 Å². The van der Waals surface area contributed by atoms with E-state index in [0.717, 1.165) is 9.78 Å². The van der Waals surface area contributed by atoms with Crippen LogP contribution in [-0.4, -0.2) is 35.7 Å². The SMILES string of the molecule is CN1C(=O)CCC(NC(=O)C(N)c2cccs2)C1=O. The molecule has 3 amide bonds. The van der Waals surface area contributed by atoms with Gasteiger partial charge in [-0.3, -0.25) is 19.3 Å². The minimum atomic E-state index is -0.782. The Morgan fingerprint density at radius 3 is 2.95 bits per heavy atom. The summed E-state index contributed by atoms with van der Waals surface area (Å²) in [6.07, 6.45) is 0.576. The molecule has 3 N–H and O–H groups in total. The molecule has 1 saturated heterocycles. The number of amides is 3. The molecule has 7 heteroatoms. The number of nitrogens with two attached hydrogens (primary N) is 1. The van der Waals surface area contributed by atoms with E-state index in [1.54, 1.807) is 6.07 Å². The van der Waals surface area contributed by atoms with Crippen LogP contribution in [0.1, 0.15) is 23.8 Å². The van der Waals surface area contributed by atoms with Gasteiger partial charge in [0.1, 0.15) is 12.1 Å². The molecule has 19 heavy (non-hydrogen) atoms. The number of carbonyl (C=O) groups excluding carboxylic acids is 3. The summed E-state index contributed by atoms with van der Waals surface area (Å²) in [5.74, 6) is -1.01. The highest BCUT2D eigenvalue weighted by atomic mass is 32.1. The predicted octanol–water partition coefficient (Wildman–Crippen LogP) is 0.0115. The molecule has 0 radical (unpaired) electrons. The molecule has 102 valence electrons. The third-order valence-corrected chi connectivity index (χ3v) is 4.05. The Bertz CT molecular complexity index is 500. The lowest BCUT2D eigenvalue weighted by Crippen LogP contribution is -2.54. The van der Waals surface area contributed by atoms with E-state index in [1.807, 2.05) is 11.4 Å². The Kier molecular flexibility index (Phi) is 3.96. The molecule has 2 unspecified atom stereocenters. The van der Waals surface area contributed by atoms with E-state index in [9.17, 15) is 14.4 Å². The summed E-state index contributed by atoms with van der Waals surface area (Å²) in [5.41, 5.74) is 5.81. The number of thiophene rings is 1. The smallest absolute Gasteiger partial charge is 0.251 e. The van der Waals surface area contributed by atoms with Crippen LogP contribution >= 0.6 is 11.3 Å². The summed E-state index contributed by atoms with van der Waals surface area (Å²) in [7, 11) is 1.42. The molecule has 6 nitrogen and oxygen atoms in total. The molecule has 0 bridgehead atoms. The van der Waals surface area contributed by atoms with Gasteiger partial charge >= 0.3 is 0 Å². The van der Waals surface area contributed by atoms with E-state index in [4.69, 9.17) is 5.73 Å². The number of piperidine rings is 1. The maximum atomic E-state index is 12.0. The first-order valence-electron chi connectivity index (χ1n) is 5.90. The van der Waals surface area contributed by atoms with Crippen molar-refractivity contribution in [3.8, 4) is 0 Å². The standard InChI is InChI=1S/C12H15N3O3S/c1-15-9(16)5-4-7(12(15)18)14-11(17)10(13)8-3-2-6-19-8/h2-3,6-7,10H,4-5,13H2,1H3,(H,14,17). The van der Waals surface area contributed by atoms with Crippen LogP contribution in [-0.2, 0) is 14.4 Å². The van der Waals surface area contributed by atoms with Crippen LogP contribution in [0.5, 0.6) is 0 Å². The molecule has 2 heterocycles. The van der Waals surface area contributed by atoms with E-state index in [-0.39, 0.29) is 18.2 Å². The molecule has 2 atom stereocenters. The fourth-order valence-corrected chi connectivity index (χ4v) is 2.63. The van der Waals surface area contributed by atoms with Crippen LogP contribution < -0.4 is 11.1 Å². The molecule has 0 spiro atoms. The third kappa shape index (κ3) is 2.82. The van der Waals surface area contributed by atoms with Gasteiger partial charge in [-0.15, -0.1) is 11.3 Å². The Morgan fingerprint density at radius 1 is 1.58 bits per heavy atom. The van der Waals surface area contributed by atoms with Gasteiger partial charge in [-0.1, -0.05) is 6.07 Å². The van der Waals surface area contributed by atoms with Crippen molar-refractivity contribution < 1.29 is 14.4 Å². The number of imide groups is 1. The Hall–Kier alpha value is -1.73. The van der Waals surface area contributed by atoms with Crippen LogP contribution in [0.4, 0.5) is 0 Å². The lowest BCUT2D eigenvalue weighted by molar-refractivity contribution is -0.149. The molecule has 1 aliphatic heterocycles. The third-order valence-electron chi connectivity index (χ3n) is 3.10. The van der Waals surface area contributed by atoms with Crippen molar-refractivity contribution in [2.75, 3.05) is 7.05 Å². The van der Waals surface area contributed by atoms with Gasteiger partial charge in [0.25, 0.3) is 5.91 Å². The second-order valence-electron chi connectivity index (χ2n) is 4.38. The molecule has 1 aromatic rings. The lowest BCUT2D eigenvalue weighted by atomic mass is 10.0. The number of likely N-dealkylation sites (tertiary alicyclic amines) is 1. The predicted molar refractivity (Wildman–Crippen MR) is 70.2 cm³/mol. The Balaban J connectivity index is 1.99. The zero-order valence-electron chi connectivity index (χ0n) is 10.5. The van der Waals surface area contributed by atoms with Crippen LogP contribution in [0, 0.1) is 0 Å². The van der Waals surface area contributed by atoms with Gasteiger partial charge in [0.2, 0.25) is 11.8 Å². The maximum absolute atomic E-state index is 12.0. The summed E-state index contributed by atoms with van der Waals surface area (Å²) in [5, 5.41) is 4.44. The highest BCUT2D eigenvalue weighted by Crippen LogP contribution is 2.18. The topological polar surface area (TPSA) is 92.5 Å². The summed E-state index contributed by atoms with van der Waals surface area (Å²) in [6.45, 7) is 0. The molecule has 2 rings (SSSR count). The van der Waals surface area contributed by atoms with Crippen LogP contribution in [0.15, 0.2) is 17.5 Å². The first-order valence-corrected chi connectivity index (χ1v) is 6.78. The molecule has 0 saturated carbocycles. The van der Waals surface area contributed by atoms with Crippen LogP contribution in [0.3, 0.4) is 0 Å². The zero-order valence-corrected chi connectivity index (χ0v) is 11.3. The summed E-state index contributed by atoms with van der Waals surface area (Å²) in [4.78, 5) is 36.9. The number of hydrogen-bond acceptors (Lipinski definition) is 5. The number of likely N-dealkylation sites (N-methyl/N-ethyl adjacent to an activating group) is 1. The van der Waals surface area contributed by atoms with Crippen molar-refractivity contribution in [1.82, 2.24) is 10.2 Å². The van der Waals surface area contributed by atoms with E-state index in [2.05, 4.69) is 5.32 Å². The van der Waals surface area contributed by atoms with E-state index >= 15 is 0 Å². The first kappa shape index (κ1) is 13.7. The second-order valence-corrected chi connectivity index (χ2v) is 5.36. The molecule has 0 aliphatic carbocycles. The quantitative estimate of drug-likeness (QED) is 0.763. The van der Waals surface area contributed by atoms with Crippen molar-refractivity contribution in [3.05, 3.63) is 22.4 Å². The van der Waals surface area contributed by atoms with Gasteiger partial charge in [0.15, 0.2) is 0 Å². The monoisotopic (exact) mass is 281 g/mol. The molecular weight excluding hydrogens is 266 g/mol. The van der Waals surface area contributed by atoms with Gasteiger partial charge in [-0.25, -0.2) is 0 Å². The van der Waals surface area contributed by atoms with Crippen LogP contribution in [0.25, 0.3) is 0 Å². The van der Waals surface area contributed by atoms with Gasteiger partial charge in [0, 0.05) is 18.3 Å². The van der Waals surface area contributed by atoms with Crippen molar-refractivity contribution in [2.24, 2.45) is 5.73 Å². The normalized spacial score (nSPS) is 21.4. The molecular formula is C12H15N3O3S. The minimum absolute atomic E-state index is 0.224. The molecule has 1 aromatic heterocycles. The van der Waals surface area contributed by atoms with Crippen molar-refractivity contribution >= 4 is 29.1 Å². The minimum Gasteiger partial charge on any atom is -0.343 e. The van der Waals surface area contributed by atoms with E-state index in [0.29, 0.717) is 6.42 Å². The average Bonchev–Trinajstić information content (AvgIpc) is 2.92. The van der Waals surface area contributed by atoms with Crippen molar-refractivity contribution in [1.29, 1.82) is 0 Å². The average molecular weight is 281 g/mol. The Morgan fingerprint density at radius 2 is 2.32 bits per heavy atom. The van der Waals surface area contributed by atoms with E-state index < -0.39 is 18.0 Å². The summed E-state index contributed by atoms with van der Waals surface area (Å²) in [6, 6.07) is 2.13. The molecule has 1 aliphatic rings. The fraction of sp³-hybridized carbons (Fsp3) is 0.417. The van der Waals surface area contributed by atoms with Gasteiger partial charge in [-0.2, -0.15) is 0 Å². The van der Waals surface area contributed by atoms with Gasteiger partial charge in [-0.05, 0) is 17.9 Å². The number of nitrogens with zero attached hydrogens (tertiary/aromatic N) is 1. The fourth-order valence-electron chi connectivity index (χ4n) is 1.91. The first-order chi connectivity index (χ1) is 9.00. The summed E-state index contributed by atoms with van der Waals surface area (Å²) >= 11 is 1.39. The van der Waals surface area contributed by atoms with Crippen molar-refractivity contribution in [3.63, 3.8) is 0 Å². The highest BCUT2D eigenvalue weighted by molar-refractivity contribution is 7.10. The number of carbonyl (C=O) groups is 3. The summed E-state index contributed by atoms with van der Waals surface area (Å²) < 4.78 is 0. The maximum Gasteiger partial charge on any atom is 0.251 e. The van der Waals surface area contributed by atoms with Gasteiger partial charge < -0.3 is 11.1 Å². The zero-order chi connectivity index (χ0) is 14.0. The van der Waals surface area contributed by atoms with Crippen LogP contribution in [0.2, 0.25) is 0 Å². The molecule has 0 aromatic carbocycles. The highest BCUT2D eigenvalue weighted by Gasteiger charge is 2.33. The lowest BCUT2D eigenvalue weighted by Gasteiger charge is -2.28. The number of nitrogens with one attached hydrogen (secondary N) is 1. The second kappa shape index (κ2) is 5.50. The Labute approximate surface area is 114 Å². The van der Waals surface area contributed by atoms with E-state index in [1.165, 1.54) is 18.4 Å². The molecule has 1 fully saturated rings. The number of hydrogen-bond donors (Lipinski definition) is 2.